The lowest BCUT2D eigenvalue weighted by Gasteiger charge is -2.23. The van der Waals surface area contributed by atoms with Crippen LogP contribution in [0.2, 0.25) is 0 Å². The molecule has 0 aliphatic carbocycles. The van der Waals surface area contributed by atoms with Crippen molar-refractivity contribution in [2.75, 3.05) is 25.5 Å². The third kappa shape index (κ3) is 4.97. The quantitative estimate of drug-likeness (QED) is 0.622. The zero-order chi connectivity index (χ0) is 22.5. The summed E-state index contributed by atoms with van der Waals surface area (Å²) >= 11 is 0. The van der Waals surface area contributed by atoms with Crippen molar-refractivity contribution in [1.82, 2.24) is 20.2 Å². The summed E-state index contributed by atoms with van der Waals surface area (Å²) in [6, 6.07) is 13.3. The number of rotatable bonds is 6. The molecular weight excluding hydrogens is 409 g/mol. The molecule has 2 amide bonds. The van der Waals surface area contributed by atoms with E-state index >= 15 is 0 Å². The largest absolute Gasteiger partial charge is 0.354 e. The van der Waals surface area contributed by atoms with E-state index in [1.165, 1.54) is 12.1 Å². The highest BCUT2D eigenvalue weighted by atomic mass is 19.1. The minimum absolute atomic E-state index is 0.0665. The monoisotopic (exact) mass is 433 g/mol. The average Bonchev–Trinajstić information content (AvgIpc) is 3.28. The summed E-state index contributed by atoms with van der Waals surface area (Å²) in [4.78, 5) is 35.1. The fourth-order valence-electron chi connectivity index (χ4n) is 3.87. The molecule has 7 nitrogen and oxygen atoms in total. The van der Waals surface area contributed by atoms with Crippen LogP contribution in [0.5, 0.6) is 0 Å². The molecule has 0 bridgehead atoms. The Morgan fingerprint density at radius 1 is 1.03 bits per heavy atom. The second-order valence-corrected chi connectivity index (χ2v) is 7.67. The highest BCUT2D eigenvalue weighted by Crippen LogP contribution is 2.31. The van der Waals surface area contributed by atoms with Gasteiger partial charge in [0.15, 0.2) is 0 Å². The van der Waals surface area contributed by atoms with Crippen LogP contribution in [0, 0.1) is 5.82 Å². The summed E-state index contributed by atoms with van der Waals surface area (Å²) in [6.45, 7) is 1.06. The molecular formula is C24H24FN5O2. The van der Waals surface area contributed by atoms with Crippen molar-refractivity contribution in [2.45, 2.75) is 18.9 Å². The molecule has 1 aliphatic rings. The van der Waals surface area contributed by atoms with Crippen LogP contribution in [0.25, 0.3) is 11.1 Å². The lowest BCUT2D eigenvalue weighted by molar-refractivity contribution is -0.117. The summed E-state index contributed by atoms with van der Waals surface area (Å²) in [5, 5.41) is 5.36. The van der Waals surface area contributed by atoms with Crippen LogP contribution in [0.3, 0.4) is 0 Å². The first kappa shape index (κ1) is 21.6. The van der Waals surface area contributed by atoms with Crippen LogP contribution in [-0.2, 0) is 4.79 Å². The first-order valence-corrected chi connectivity index (χ1v) is 10.5. The van der Waals surface area contributed by atoms with E-state index in [4.69, 9.17) is 0 Å². The Hall–Kier alpha value is -3.65. The van der Waals surface area contributed by atoms with Gasteiger partial charge in [-0.1, -0.05) is 12.1 Å². The second-order valence-electron chi connectivity index (χ2n) is 7.67. The van der Waals surface area contributed by atoms with E-state index in [0.717, 1.165) is 36.2 Å². The van der Waals surface area contributed by atoms with E-state index < -0.39 is 0 Å². The van der Waals surface area contributed by atoms with Gasteiger partial charge >= 0.3 is 0 Å². The molecule has 1 aromatic carbocycles. The number of aromatic nitrogens is 2. The lowest BCUT2D eigenvalue weighted by atomic mass is 10.1. The molecule has 1 atom stereocenters. The smallest absolute Gasteiger partial charge is 0.269 e. The third-order valence-electron chi connectivity index (χ3n) is 5.52. The Morgan fingerprint density at radius 2 is 1.75 bits per heavy atom. The number of nitrogens with zero attached hydrogens (tertiary/aromatic N) is 3. The summed E-state index contributed by atoms with van der Waals surface area (Å²) < 4.78 is 13.0. The van der Waals surface area contributed by atoms with Gasteiger partial charge in [0.2, 0.25) is 5.91 Å². The lowest BCUT2D eigenvalue weighted by Crippen LogP contribution is -2.33. The Labute approximate surface area is 185 Å². The zero-order valence-electron chi connectivity index (χ0n) is 17.7. The van der Waals surface area contributed by atoms with Crippen molar-refractivity contribution in [2.24, 2.45) is 0 Å². The van der Waals surface area contributed by atoms with Crippen LogP contribution in [-0.4, -0.2) is 46.8 Å². The molecule has 0 radical (unpaired) electrons. The minimum Gasteiger partial charge on any atom is -0.354 e. The molecule has 0 unspecified atom stereocenters. The molecule has 3 aromatic rings. The molecule has 32 heavy (non-hydrogen) atoms. The maximum atomic E-state index is 13.0. The number of anilines is 1. The van der Waals surface area contributed by atoms with Gasteiger partial charge in [0.25, 0.3) is 5.91 Å². The topological polar surface area (TPSA) is 87.2 Å². The van der Waals surface area contributed by atoms with Crippen molar-refractivity contribution < 1.29 is 14.0 Å². The number of nitrogens with one attached hydrogen (secondary N) is 2. The van der Waals surface area contributed by atoms with Crippen molar-refractivity contribution in [3.05, 3.63) is 78.1 Å². The number of carbonyl (C=O) groups excluding carboxylic acids is 2. The fourth-order valence-corrected chi connectivity index (χ4v) is 3.87. The Kier molecular flexibility index (Phi) is 6.51. The van der Waals surface area contributed by atoms with Gasteiger partial charge in [-0.05, 0) is 55.8 Å². The highest BCUT2D eigenvalue weighted by molar-refractivity contribution is 5.92. The van der Waals surface area contributed by atoms with Crippen molar-refractivity contribution in [3.63, 3.8) is 0 Å². The molecule has 8 heteroatoms. The van der Waals surface area contributed by atoms with Gasteiger partial charge in [0.1, 0.15) is 11.5 Å². The molecule has 1 aliphatic heterocycles. The van der Waals surface area contributed by atoms with E-state index in [-0.39, 0.29) is 30.2 Å². The number of hydrogen-bond acceptors (Lipinski definition) is 5. The number of benzene rings is 1. The van der Waals surface area contributed by atoms with E-state index in [1.54, 1.807) is 37.6 Å². The van der Waals surface area contributed by atoms with Gasteiger partial charge in [0.05, 0.1) is 18.3 Å². The molecule has 4 rings (SSSR count). The summed E-state index contributed by atoms with van der Waals surface area (Å²) in [7, 11) is 1.57. The number of amides is 2. The highest BCUT2D eigenvalue weighted by Gasteiger charge is 2.28. The molecule has 3 heterocycles. The van der Waals surface area contributed by atoms with E-state index in [2.05, 4.69) is 25.5 Å². The first-order valence-electron chi connectivity index (χ1n) is 10.5. The van der Waals surface area contributed by atoms with Crippen LogP contribution < -0.4 is 10.6 Å². The number of carbonyl (C=O) groups is 2. The molecule has 164 valence electrons. The Balaban J connectivity index is 1.40. The predicted octanol–water partition coefficient (Wildman–Crippen LogP) is 3.42. The maximum absolute atomic E-state index is 13.0. The van der Waals surface area contributed by atoms with Gasteiger partial charge in [-0.15, -0.1) is 0 Å². The minimum atomic E-state index is -0.338. The summed E-state index contributed by atoms with van der Waals surface area (Å²) in [6.07, 6.45) is 5.37. The number of likely N-dealkylation sites (tertiary alicyclic amines) is 1. The Bertz CT molecular complexity index is 1080. The van der Waals surface area contributed by atoms with Gasteiger partial charge in [-0.2, -0.15) is 0 Å². The number of halogens is 1. The number of pyridine rings is 2. The van der Waals surface area contributed by atoms with E-state index in [9.17, 15) is 14.0 Å². The standard InChI is InChI=1S/C24H24FN5O2/c1-26-24(32)21-11-5-17(14-28-21)16-4-10-20(27-13-16)22-3-2-12-30(22)15-23(31)29-19-8-6-18(25)7-9-19/h4-11,13-14,22H,2-3,12,15H2,1H3,(H,26,32)(H,29,31)/t22-/m1/s1. The van der Waals surface area contributed by atoms with Gasteiger partial charge in [-0.25, -0.2) is 4.39 Å². The average molecular weight is 433 g/mol. The maximum Gasteiger partial charge on any atom is 0.269 e. The fraction of sp³-hybridized carbons (Fsp3) is 0.250. The summed E-state index contributed by atoms with van der Waals surface area (Å²) in [5.41, 5.74) is 3.63. The number of hydrogen-bond donors (Lipinski definition) is 2. The first-order chi connectivity index (χ1) is 15.5. The van der Waals surface area contributed by atoms with Crippen LogP contribution >= 0.6 is 0 Å². The Morgan fingerprint density at radius 3 is 2.38 bits per heavy atom. The van der Waals surface area contributed by atoms with Crippen molar-refractivity contribution in [1.29, 1.82) is 0 Å². The molecule has 2 N–H and O–H groups in total. The van der Waals surface area contributed by atoms with Gasteiger partial charge in [0, 0.05) is 36.3 Å². The predicted molar refractivity (Wildman–Crippen MR) is 119 cm³/mol. The molecule has 2 aromatic heterocycles. The molecule has 0 spiro atoms. The van der Waals surface area contributed by atoms with Gasteiger partial charge < -0.3 is 10.6 Å². The zero-order valence-corrected chi connectivity index (χ0v) is 17.7. The molecule has 0 saturated carbocycles. The van der Waals surface area contributed by atoms with Crippen LogP contribution in [0.4, 0.5) is 10.1 Å². The van der Waals surface area contributed by atoms with E-state index in [1.807, 2.05) is 18.2 Å². The van der Waals surface area contributed by atoms with Crippen molar-refractivity contribution >= 4 is 17.5 Å². The van der Waals surface area contributed by atoms with Crippen LogP contribution in [0.15, 0.2) is 60.9 Å². The van der Waals surface area contributed by atoms with Crippen molar-refractivity contribution in [3.8, 4) is 11.1 Å². The third-order valence-corrected chi connectivity index (χ3v) is 5.52. The molecule has 1 fully saturated rings. The molecule has 1 saturated heterocycles. The summed E-state index contributed by atoms with van der Waals surface area (Å²) in [5.74, 6) is -0.701. The normalized spacial score (nSPS) is 16.0. The van der Waals surface area contributed by atoms with E-state index in [0.29, 0.717) is 11.4 Å². The van der Waals surface area contributed by atoms with Gasteiger partial charge in [-0.3, -0.25) is 24.5 Å². The SMILES string of the molecule is CNC(=O)c1ccc(-c2ccc([C@H]3CCCN3CC(=O)Nc3ccc(F)cc3)nc2)cn1. The van der Waals surface area contributed by atoms with Crippen LogP contribution in [0.1, 0.15) is 35.1 Å². The second kappa shape index (κ2) is 9.65.